The lowest BCUT2D eigenvalue weighted by molar-refractivity contribution is 0.301. The first-order chi connectivity index (χ1) is 8.65. The van der Waals surface area contributed by atoms with Crippen molar-refractivity contribution in [3.05, 3.63) is 10.8 Å². The zero-order chi connectivity index (χ0) is 13.2. The first kappa shape index (κ1) is 13.6. The Balaban J connectivity index is 2.24. The van der Waals surface area contributed by atoms with E-state index in [1.54, 1.807) is 6.33 Å². The summed E-state index contributed by atoms with van der Waals surface area (Å²) in [6.45, 7) is 6.77. The number of rotatable bonds is 4. The van der Waals surface area contributed by atoms with Gasteiger partial charge in [0.05, 0.1) is 0 Å². The van der Waals surface area contributed by atoms with E-state index >= 15 is 0 Å². The van der Waals surface area contributed by atoms with Crippen molar-refractivity contribution in [2.24, 2.45) is 5.41 Å². The maximum Gasteiger partial charge on any atom is 0.148 e. The monoisotopic (exact) mass is 312 g/mol. The molecule has 18 heavy (non-hydrogen) atoms. The van der Waals surface area contributed by atoms with Crippen LogP contribution < -0.4 is 10.2 Å². The van der Waals surface area contributed by atoms with E-state index in [2.05, 4.69) is 50.0 Å². The Bertz CT molecular complexity index is 417. The minimum absolute atomic E-state index is 0.462. The Hall–Kier alpha value is -0.840. The highest BCUT2D eigenvalue weighted by atomic mass is 79.9. The number of halogens is 1. The summed E-state index contributed by atoms with van der Waals surface area (Å²) in [7, 11) is 1.88. The number of hydrogen-bond donors (Lipinski definition) is 1. The van der Waals surface area contributed by atoms with Crippen molar-refractivity contribution in [2.45, 2.75) is 33.1 Å². The fraction of sp³-hybridized carbons (Fsp3) is 0.692. The summed E-state index contributed by atoms with van der Waals surface area (Å²) in [6.07, 6.45) is 5.36. The minimum Gasteiger partial charge on any atom is -0.372 e. The fourth-order valence-electron chi connectivity index (χ4n) is 2.70. The van der Waals surface area contributed by atoms with Crippen LogP contribution in [0, 0.1) is 5.41 Å². The largest absolute Gasteiger partial charge is 0.372 e. The first-order valence-corrected chi connectivity index (χ1v) is 7.38. The molecule has 0 unspecified atom stereocenters. The van der Waals surface area contributed by atoms with Crippen molar-refractivity contribution < 1.29 is 0 Å². The first-order valence-electron chi connectivity index (χ1n) is 6.59. The van der Waals surface area contributed by atoms with Crippen LogP contribution in [0.25, 0.3) is 0 Å². The molecule has 1 aliphatic heterocycles. The van der Waals surface area contributed by atoms with Crippen molar-refractivity contribution in [1.82, 2.24) is 9.97 Å². The Morgan fingerprint density at radius 2 is 2.11 bits per heavy atom. The third-order valence-electron chi connectivity index (χ3n) is 4.25. The Kier molecular flexibility index (Phi) is 4.10. The second kappa shape index (κ2) is 5.43. The molecule has 2 rings (SSSR count). The zero-order valence-corrected chi connectivity index (χ0v) is 12.9. The van der Waals surface area contributed by atoms with Crippen LogP contribution in [0.15, 0.2) is 10.8 Å². The van der Waals surface area contributed by atoms with Gasteiger partial charge in [-0.25, -0.2) is 9.97 Å². The van der Waals surface area contributed by atoms with Gasteiger partial charge in [-0.05, 0) is 40.6 Å². The van der Waals surface area contributed by atoms with Gasteiger partial charge in [0.1, 0.15) is 22.4 Å². The summed E-state index contributed by atoms with van der Waals surface area (Å²) in [5.41, 5.74) is 0.462. The number of anilines is 2. The maximum atomic E-state index is 4.43. The molecular weight excluding hydrogens is 292 g/mol. The van der Waals surface area contributed by atoms with Gasteiger partial charge >= 0.3 is 0 Å². The van der Waals surface area contributed by atoms with E-state index in [1.807, 2.05) is 7.05 Å². The van der Waals surface area contributed by atoms with E-state index < -0.39 is 0 Å². The standard InChI is InChI=1S/C13H21BrN4/c1-4-13(5-2)6-7-18(8-13)12-10(14)11(15-3)16-9-17-12/h9H,4-8H2,1-3H3,(H,15,16,17). The van der Waals surface area contributed by atoms with Crippen LogP contribution in [0.5, 0.6) is 0 Å². The van der Waals surface area contributed by atoms with E-state index in [9.17, 15) is 0 Å². The van der Waals surface area contributed by atoms with Crippen molar-refractivity contribution in [3.63, 3.8) is 0 Å². The molecule has 1 aromatic rings. The van der Waals surface area contributed by atoms with Gasteiger partial charge in [0.15, 0.2) is 0 Å². The normalized spacial score (nSPS) is 18.1. The average Bonchev–Trinajstić information content (AvgIpc) is 2.84. The lowest BCUT2D eigenvalue weighted by Gasteiger charge is -2.27. The van der Waals surface area contributed by atoms with Gasteiger partial charge in [-0.3, -0.25) is 0 Å². The second-order valence-corrected chi connectivity index (χ2v) is 5.78. The molecule has 0 spiro atoms. The molecule has 0 amide bonds. The van der Waals surface area contributed by atoms with Crippen molar-refractivity contribution in [2.75, 3.05) is 30.4 Å². The van der Waals surface area contributed by atoms with Crippen molar-refractivity contribution >= 4 is 27.6 Å². The molecule has 5 heteroatoms. The van der Waals surface area contributed by atoms with E-state index in [0.717, 1.165) is 29.2 Å². The third-order valence-corrected chi connectivity index (χ3v) is 4.98. The highest BCUT2D eigenvalue weighted by Gasteiger charge is 2.36. The Labute approximate surface area is 117 Å². The van der Waals surface area contributed by atoms with Crippen LogP contribution in [-0.4, -0.2) is 30.1 Å². The Morgan fingerprint density at radius 1 is 1.39 bits per heavy atom. The molecule has 100 valence electrons. The topological polar surface area (TPSA) is 41.1 Å². The van der Waals surface area contributed by atoms with E-state index in [4.69, 9.17) is 0 Å². The molecule has 4 nitrogen and oxygen atoms in total. The average molecular weight is 313 g/mol. The van der Waals surface area contributed by atoms with Crippen LogP contribution in [0.2, 0.25) is 0 Å². The van der Waals surface area contributed by atoms with Crippen molar-refractivity contribution in [3.8, 4) is 0 Å². The molecule has 0 aromatic carbocycles. The SMILES string of the molecule is CCC1(CC)CCN(c2ncnc(NC)c2Br)C1. The Morgan fingerprint density at radius 3 is 2.67 bits per heavy atom. The molecule has 0 aliphatic carbocycles. The highest BCUT2D eigenvalue weighted by Crippen LogP contribution is 2.40. The van der Waals surface area contributed by atoms with Crippen LogP contribution in [-0.2, 0) is 0 Å². The summed E-state index contributed by atoms with van der Waals surface area (Å²) in [4.78, 5) is 11.0. The highest BCUT2D eigenvalue weighted by molar-refractivity contribution is 9.10. The summed E-state index contributed by atoms with van der Waals surface area (Å²) in [5, 5.41) is 3.08. The summed E-state index contributed by atoms with van der Waals surface area (Å²) in [6, 6.07) is 0. The van der Waals surface area contributed by atoms with E-state index in [-0.39, 0.29) is 0 Å². The predicted molar refractivity (Wildman–Crippen MR) is 79.1 cm³/mol. The van der Waals surface area contributed by atoms with Crippen LogP contribution in [0.4, 0.5) is 11.6 Å². The quantitative estimate of drug-likeness (QED) is 0.926. The zero-order valence-electron chi connectivity index (χ0n) is 11.3. The fourth-order valence-corrected chi connectivity index (χ4v) is 3.35. The number of nitrogens with one attached hydrogen (secondary N) is 1. The van der Waals surface area contributed by atoms with E-state index in [0.29, 0.717) is 5.41 Å². The molecule has 0 saturated carbocycles. The molecule has 1 aliphatic rings. The van der Waals surface area contributed by atoms with Gasteiger partial charge in [0, 0.05) is 20.1 Å². The molecule has 0 radical (unpaired) electrons. The van der Waals surface area contributed by atoms with Gasteiger partial charge < -0.3 is 10.2 Å². The molecule has 0 bridgehead atoms. The third kappa shape index (κ3) is 2.32. The van der Waals surface area contributed by atoms with Crippen LogP contribution >= 0.6 is 15.9 Å². The van der Waals surface area contributed by atoms with Gasteiger partial charge in [0.25, 0.3) is 0 Å². The summed E-state index contributed by atoms with van der Waals surface area (Å²) >= 11 is 3.60. The molecule has 2 heterocycles. The molecule has 0 atom stereocenters. The van der Waals surface area contributed by atoms with Crippen LogP contribution in [0.3, 0.4) is 0 Å². The number of hydrogen-bond acceptors (Lipinski definition) is 4. The van der Waals surface area contributed by atoms with Gasteiger partial charge in [-0.1, -0.05) is 13.8 Å². The molecule has 1 aromatic heterocycles. The summed E-state index contributed by atoms with van der Waals surface area (Å²) < 4.78 is 0.968. The molecule has 1 N–H and O–H groups in total. The number of nitrogens with zero attached hydrogens (tertiary/aromatic N) is 3. The predicted octanol–water partition coefficient (Wildman–Crippen LogP) is 3.30. The molecule has 1 saturated heterocycles. The summed E-state index contributed by atoms with van der Waals surface area (Å²) in [5.74, 6) is 1.86. The van der Waals surface area contributed by atoms with Gasteiger partial charge in [0.2, 0.25) is 0 Å². The van der Waals surface area contributed by atoms with Gasteiger partial charge in [-0.2, -0.15) is 0 Å². The molecule has 1 fully saturated rings. The lowest BCUT2D eigenvalue weighted by atomic mass is 9.82. The van der Waals surface area contributed by atoms with Gasteiger partial charge in [-0.15, -0.1) is 0 Å². The lowest BCUT2D eigenvalue weighted by Crippen LogP contribution is -2.27. The second-order valence-electron chi connectivity index (χ2n) is 4.99. The van der Waals surface area contributed by atoms with E-state index in [1.165, 1.54) is 19.3 Å². The number of aromatic nitrogens is 2. The molecular formula is C13H21BrN4. The van der Waals surface area contributed by atoms with Crippen LogP contribution in [0.1, 0.15) is 33.1 Å². The minimum atomic E-state index is 0.462. The smallest absolute Gasteiger partial charge is 0.148 e. The van der Waals surface area contributed by atoms with Crippen molar-refractivity contribution in [1.29, 1.82) is 0 Å². The maximum absolute atomic E-state index is 4.43.